The van der Waals surface area contributed by atoms with Gasteiger partial charge in [0.15, 0.2) is 0 Å². The molecule has 0 unspecified atom stereocenters. The highest BCUT2D eigenvalue weighted by atomic mass is 35.5. The van der Waals surface area contributed by atoms with E-state index in [2.05, 4.69) is 13.0 Å². The maximum atomic E-state index is 10.5. The lowest BCUT2D eigenvalue weighted by molar-refractivity contribution is -0.110. The summed E-state index contributed by atoms with van der Waals surface area (Å²) in [5.74, 6) is 1.58. The Morgan fingerprint density at radius 1 is 1.38 bits per heavy atom. The van der Waals surface area contributed by atoms with Crippen molar-refractivity contribution in [1.29, 1.82) is 0 Å². The average Bonchev–Trinajstić information content (AvgIpc) is 2.08. The second-order valence-corrected chi connectivity index (χ2v) is 4.43. The quantitative estimate of drug-likeness (QED) is 0.503. The molecule has 0 heterocycles. The summed E-state index contributed by atoms with van der Waals surface area (Å²) in [5, 5.41) is -0.263. The van der Waals surface area contributed by atoms with E-state index >= 15 is 0 Å². The summed E-state index contributed by atoms with van der Waals surface area (Å²) in [7, 11) is 0. The van der Waals surface area contributed by atoms with Crippen molar-refractivity contribution in [2.45, 2.75) is 39.0 Å². The van der Waals surface area contributed by atoms with Crippen LogP contribution in [0.5, 0.6) is 0 Å². The fourth-order valence-electron chi connectivity index (χ4n) is 1.83. The molecule has 1 aliphatic carbocycles. The molecule has 0 saturated heterocycles. The first-order chi connectivity index (χ1) is 6.18. The van der Waals surface area contributed by atoms with Gasteiger partial charge in [0.05, 0.1) is 0 Å². The maximum Gasteiger partial charge on any atom is 0.225 e. The van der Waals surface area contributed by atoms with E-state index in [0.717, 1.165) is 5.92 Å². The lowest BCUT2D eigenvalue weighted by Gasteiger charge is -2.23. The summed E-state index contributed by atoms with van der Waals surface area (Å²) in [4.78, 5) is 10.5. The normalized spacial score (nSPS) is 29.4. The fraction of sp³-hybridized carbons (Fsp3) is 0.727. The third-order valence-electron chi connectivity index (χ3n) is 2.75. The number of carbonyl (C=O) groups excluding carboxylic acids is 1. The molecule has 0 aliphatic heterocycles. The van der Waals surface area contributed by atoms with E-state index in [4.69, 9.17) is 11.6 Å². The van der Waals surface area contributed by atoms with Crippen molar-refractivity contribution >= 4 is 16.8 Å². The predicted molar refractivity (Wildman–Crippen MR) is 55.7 cm³/mol. The van der Waals surface area contributed by atoms with E-state index < -0.39 is 0 Å². The van der Waals surface area contributed by atoms with Crippen LogP contribution >= 0.6 is 11.6 Å². The molecule has 1 rings (SSSR count). The van der Waals surface area contributed by atoms with Crippen LogP contribution < -0.4 is 0 Å². The molecule has 74 valence electrons. The van der Waals surface area contributed by atoms with Gasteiger partial charge in [-0.2, -0.15) is 0 Å². The third-order valence-corrected chi connectivity index (χ3v) is 2.90. The van der Waals surface area contributed by atoms with Gasteiger partial charge in [0, 0.05) is 6.42 Å². The predicted octanol–water partition coefficient (Wildman–Crippen LogP) is 3.52. The van der Waals surface area contributed by atoms with Gasteiger partial charge in [-0.1, -0.05) is 31.9 Å². The topological polar surface area (TPSA) is 17.1 Å². The van der Waals surface area contributed by atoms with E-state index in [1.807, 2.05) is 6.08 Å². The summed E-state index contributed by atoms with van der Waals surface area (Å²) >= 11 is 5.23. The Hall–Kier alpha value is -0.300. The minimum Gasteiger partial charge on any atom is -0.281 e. The van der Waals surface area contributed by atoms with Crippen LogP contribution in [0.4, 0.5) is 0 Å². The zero-order valence-electron chi connectivity index (χ0n) is 8.13. The molecule has 1 aliphatic rings. The largest absolute Gasteiger partial charge is 0.281 e. The van der Waals surface area contributed by atoms with Crippen molar-refractivity contribution in [3.05, 3.63) is 12.2 Å². The van der Waals surface area contributed by atoms with Crippen molar-refractivity contribution in [2.24, 2.45) is 11.8 Å². The van der Waals surface area contributed by atoms with Crippen molar-refractivity contribution in [3.8, 4) is 0 Å². The van der Waals surface area contributed by atoms with Crippen LogP contribution in [0.2, 0.25) is 0 Å². The van der Waals surface area contributed by atoms with Gasteiger partial charge in [-0.15, -0.1) is 0 Å². The van der Waals surface area contributed by atoms with Crippen molar-refractivity contribution < 1.29 is 4.79 Å². The lowest BCUT2D eigenvalue weighted by atomic mass is 9.83. The molecule has 13 heavy (non-hydrogen) atoms. The number of hydrogen-bond acceptors (Lipinski definition) is 1. The van der Waals surface area contributed by atoms with Gasteiger partial charge >= 0.3 is 0 Å². The van der Waals surface area contributed by atoms with Crippen LogP contribution in [0.3, 0.4) is 0 Å². The minimum absolute atomic E-state index is 0.263. The summed E-state index contributed by atoms with van der Waals surface area (Å²) in [6.07, 6.45) is 9.64. The second-order valence-electron chi connectivity index (χ2n) is 4.01. The Morgan fingerprint density at radius 2 is 2.00 bits per heavy atom. The molecule has 0 aromatic carbocycles. The SMILES string of the molecule is C[C@H]1CC[C@H](C=CCC(=O)Cl)CC1. The maximum absolute atomic E-state index is 10.5. The Labute approximate surface area is 85.2 Å². The number of allylic oxidation sites excluding steroid dienone is 2. The number of hydrogen-bond donors (Lipinski definition) is 0. The first-order valence-corrected chi connectivity index (χ1v) is 5.41. The van der Waals surface area contributed by atoms with E-state index in [-0.39, 0.29) is 5.24 Å². The summed E-state index contributed by atoms with van der Waals surface area (Å²) in [6, 6.07) is 0. The van der Waals surface area contributed by atoms with Crippen LogP contribution in [-0.4, -0.2) is 5.24 Å². The Balaban J connectivity index is 2.22. The second kappa shape index (κ2) is 5.43. The molecule has 0 atom stereocenters. The van der Waals surface area contributed by atoms with Gasteiger partial charge in [-0.05, 0) is 36.3 Å². The Kier molecular flexibility index (Phi) is 4.51. The molecule has 0 radical (unpaired) electrons. The molecule has 2 heteroatoms. The molecule has 1 saturated carbocycles. The van der Waals surface area contributed by atoms with Crippen molar-refractivity contribution in [2.75, 3.05) is 0 Å². The molecule has 1 fully saturated rings. The van der Waals surface area contributed by atoms with E-state index in [9.17, 15) is 4.79 Å². The fourth-order valence-corrected chi connectivity index (χ4v) is 1.92. The summed E-state index contributed by atoms with van der Waals surface area (Å²) in [5.41, 5.74) is 0. The molecule has 1 nitrogen and oxygen atoms in total. The van der Waals surface area contributed by atoms with E-state index in [1.165, 1.54) is 25.7 Å². The molecule has 0 amide bonds. The molecule has 0 spiro atoms. The van der Waals surface area contributed by atoms with Crippen molar-refractivity contribution in [1.82, 2.24) is 0 Å². The summed E-state index contributed by atoms with van der Waals surface area (Å²) in [6.45, 7) is 2.31. The standard InChI is InChI=1S/C11H17ClO/c1-9-5-7-10(8-6-9)3-2-4-11(12)13/h2-3,9-10H,4-8H2,1H3/t9-,10-. The number of rotatable bonds is 3. The van der Waals surface area contributed by atoms with Crippen LogP contribution in [0.25, 0.3) is 0 Å². The number of carbonyl (C=O) groups is 1. The third kappa shape index (κ3) is 4.47. The molecular formula is C11H17ClO. The van der Waals surface area contributed by atoms with Gasteiger partial charge in [0.2, 0.25) is 5.24 Å². The lowest BCUT2D eigenvalue weighted by Crippen LogP contribution is -2.10. The highest BCUT2D eigenvalue weighted by Gasteiger charge is 2.15. The van der Waals surface area contributed by atoms with Crippen LogP contribution in [0.1, 0.15) is 39.0 Å². The first kappa shape index (κ1) is 10.8. The smallest absolute Gasteiger partial charge is 0.225 e. The molecule has 0 bridgehead atoms. The van der Waals surface area contributed by atoms with Crippen LogP contribution in [0.15, 0.2) is 12.2 Å². The molecule has 0 aromatic rings. The van der Waals surface area contributed by atoms with E-state index in [0.29, 0.717) is 12.3 Å². The van der Waals surface area contributed by atoms with Crippen LogP contribution in [-0.2, 0) is 4.79 Å². The Bertz CT molecular complexity index is 190. The van der Waals surface area contributed by atoms with Gasteiger partial charge in [-0.3, -0.25) is 4.79 Å². The summed E-state index contributed by atoms with van der Waals surface area (Å²) < 4.78 is 0. The number of halogens is 1. The zero-order valence-corrected chi connectivity index (χ0v) is 8.89. The van der Waals surface area contributed by atoms with E-state index in [1.54, 1.807) is 0 Å². The zero-order chi connectivity index (χ0) is 9.68. The van der Waals surface area contributed by atoms with Crippen LogP contribution in [0, 0.1) is 11.8 Å². The average molecular weight is 201 g/mol. The van der Waals surface area contributed by atoms with Gasteiger partial charge in [0.25, 0.3) is 0 Å². The molecular weight excluding hydrogens is 184 g/mol. The molecule has 0 aromatic heterocycles. The van der Waals surface area contributed by atoms with Gasteiger partial charge in [0.1, 0.15) is 0 Å². The van der Waals surface area contributed by atoms with Crippen molar-refractivity contribution in [3.63, 3.8) is 0 Å². The van der Waals surface area contributed by atoms with Gasteiger partial charge in [-0.25, -0.2) is 0 Å². The minimum atomic E-state index is -0.263. The van der Waals surface area contributed by atoms with Gasteiger partial charge < -0.3 is 0 Å². The Morgan fingerprint density at radius 3 is 2.54 bits per heavy atom. The monoisotopic (exact) mass is 200 g/mol. The highest BCUT2D eigenvalue weighted by Crippen LogP contribution is 2.28. The molecule has 0 N–H and O–H groups in total. The first-order valence-electron chi connectivity index (χ1n) is 5.03. The highest BCUT2D eigenvalue weighted by molar-refractivity contribution is 6.63.